The molecule has 0 rings (SSSR count). The fourth-order valence-electron chi connectivity index (χ4n) is 0. The summed E-state index contributed by atoms with van der Waals surface area (Å²) in [5, 5.41) is 0. The van der Waals surface area contributed by atoms with E-state index >= 15 is 0 Å². The summed E-state index contributed by atoms with van der Waals surface area (Å²) in [4.78, 5) is 0. The minimum atomic E-state index is -2.35. The van der Waals surface area contributed by atoms with Gasteiger partial charge in [0.25, 0.3) is 6.43 Å². The normalized spacial score (nSPS) is 8.60. The first-order valence-corrected chi connectivity index (χ1v) is 1.18. The van der Waals surface area contributed by atoms with E-state index in [4.69, 9.17) is 0 Å². The molecule has 0 aromatic rings. The van der Waals surface area contributed by atoms with Gasteiger partial charge < -0.3 is 0 Å². The lowest BCUT2D eigenvalue weighted by atomic mass is 10.7. The lowest BCUT2D eigenvalue weighted by molar-refractivity contribution is 0.204. The lowest BCUT2D eigenvalue weighted by Gasteiger charge is -1.75. The third kappa shape index (κ3) is 3.60. The standard InChI is InChI=1S/C3H4F2/c1-2-3(4)5/h2-3H,1H2. The molecule has 0 radical (unpaired) electrons. The van der Waals surface area contributed by atoms with E-state index < -0.39 is 6.43 Å². The van der Waals surface area contributed by atoms with Crippen LogP contribution < -0.4 is 0 Å². The van der Waals surface area contributed by atoms with Gasteiger partial charge in [-0.25, -0.2) is 8.78 Å². The molecule has 0 aromatic heterocycles. The van der Waals surface area contributed by atoms with Crippen LogP contribution in [0.4, 0.5) is 8.78 Å². The van der Waals surface area contributed by atoms with Crippen molar-refractivity contribution in [3.63, 3.8) is 0 Å². The van der Waals surface area contributed by atoms with Crippen LogP contribution in [-0.2, 0) is 0 Å². The Morgan fingerprint density at radius 3 is 1.80 bits per heavy atom. The van der Waals surface area contributed by atoms with Crippen LogP contribution in [0.1, 0.15) is 0 Å². The van der Waals surface area contributed by atoms with Gasteiger partial charge in [0.2, 0.25) is 0 Å². The van der Waals surface area contributed by atoms with Gasteiger partial charge in [0, 0.05) is 0 Å². The van der Waals surface area contributed by atoms with E-state index in [-0.39, 0.29) is 0 Å². The Labute approximate surface area is 29.1 Å². The Kier molecular flexibility index (Phi) is 1.73. The van der Waals surface area contributed by atoms with Crippen LogP contribution in [0.15, 0.2) is 12.7 Å². The summed E-state index contributed by atoms with van der Waals surface area (Å²) in [5.41, 5.74) is 0. The zero-order chi connectivity index (χ0) is 4.28. The second-order valence-corrected chi connectivity index (χ2v) is 0.570. The van der Waals surface area contributed by atoms with E-state index in [9.17, 15) is 8.78 Å². The third-order valence-electron chi connectivity index (χ3n) is 0.178. The molecule has 0 nitrogen and oxygen atoms in total. The van der Waals surface area contributed by atoms with E-state index in [1.54, 1.807) is 0 Å². The highest BCUT2D eigenvalue weighted by atomic mass is 19.3. The number of rotatable bonds is 1. The van der Waals surface area contributed by atoms with E-state index in [0.29, 0.717) is 6.08 Å². The SMILES string of the molecule is C=CC(F)F. The first-order valence-electron chi connectivity index (χ1n) is 1.18. The van der Waals surface area contributed by atoms with Crippen LogP contribution in [0.2, 0.25) is 0 Å². The zero-order valence-corrected chi connectivity index (χ0v) is 2.62. The number of alkyl halides is 2. The molecule has 0 amide bonds. The Balaban J connectivity index is 2.83. The van der Waals surface area contributed by atoms with E-state index in [0.717, 1.165) is 0 Å². The average molecular weight is 78.1 g/mol. The molecule has 0 spiro atoms. The smallest absolute Gasteiger partial charge is 0.206 e. The van der Waals surface area contributed by atoms with Gasteiger partial charge in [-0.2, -0.15) is 0 Å². The second kappa shape index (κ2) is 1.88. The number of hydrogen-bond donors (Lipinski definition) is 0. The minimum absolute atomic E-state index is 0.583. The Bertz CT molecular complexity index is 31.9. The fraction of sp³-hybridized carbons (Fsp3) is 0.333. The van der Waals surface area contributed by atoms with Gasteiger partial charge in [-0.1, -0.05) is 6.58 Å². The molecular formula is C3H4F2. The molecule has 2 heteroatoms. The highest BCUT2D eigenvalue weighted by Crippen LogP contribution is 1.87. The monoisotopic (exact) mass is 78.0 g/mol. The summed E-state index contributed by atoms with van der Waals surface area (Å²) in [5.74, 6) is 0. The topological polar surface area (TPSA) is 0 Å². The first kappa shape index (κ1) is 4.60. The van der Waals surface area contributed by atoms with Crippen molar-refractivity contribution in [3.8, 4) is 0 Å². The van der Waals surface area contributed by atoms with Gasteiger partial charge >= 0.3 is 0 Å². The van der Waals surface area contributed by atoms with Crippen molar-refractivity contribution in [3.05, 3.63) is 12.7 Å². The summed E-state index contributed by atoms with van der Waals surface area (Å²) >= 11 is 0. The number of allylic oxidation sites excluding steroid dienone is 1. The molecule has 0 N–H and O–H groups in total. The second-order valence-electron chi connectivity index (χ2n) is 0.570. The molecule has 0 aliphatic carbocycles. The van der Waals surface area contributed by atoms with Crippen molar-refractivity contribution in [2.45, 2.75) is 6.43 Å². The minimum Gasteiger partial charge on any atom is -0.206 e. The molecule has 5 heavy (non-hydrogen) atoms. The van der Waals surface area contributed by atoms with Crippen molar-refractivity contribution >= 4 is 0 Å². The molecule has 30 valence electrons. The third-order valence-corrected chi connectivity index (χ3v) is 0.178. The van der Waals surface area contributed by atoms with Crippen molar-refractivity contribution in [2.75, 3.05) is 0 Å². The predicted octanol–water partition coefficient (Wildman–Crippen LogP) is 1.44. The van der Waals surface area contributed by atoms with Gasteiger partial charge in [-0.3, -0.25) is 0 Å². The molecule has 0 bridgehead atoms. The summed E-state index contributed by atoms with van der Waals surface area (Å²) in [7, 11) is 0. The number of hydrogen-bond acceptors (Lipinski definition) is 0. The average Bonchev–Trinajstić information content (AvgIpc) is 1.38. The first-order chi connectivity index (χ1) is 2.27. The van der Waals surface area contributed by atoms with Gasteiger partial charge in [0.1, 0.15) is 0 Å². The molecule has 0 aliphatic rings. The van der Waals surface area contributed by atoms with E-state index in [1.165, 1.54) is 0 Å². The summed E-state index contributed by atoms with van der Waals surface area (Å²) < 4.78 is 21.3. The molecule has 0 unspecified atom stereocenters. The van der Waals surface area contributed by atoms with Crippen LogP contribution in [0, 0.1) is 0 Å². The molecule has 0 aromatic carbocycles. The van der Waals surface area contributed by atoms with E-state index in [2.05, 4.69) is 6.58 Å². The van der Waals surface area contributed by atoms with Crippen LogP contribution in [0.3, 0.4) is 0 Å². The van der Waals surface area contributed by atoms with Crippen molar-refractivity contribution in [2.24, 2.45) is 0 Å². The summed E-state index contributed by atoms with van der Waals surface area (Å²) in [6.45, 7) is 2.81. The van der Waals surface area contributed by atoms with Crippen LogP contribution in [0.25, 0.3) is 0 Å². The molecule has 0 atom stereocenters. The molecule has 0 saturated carbocycles. The quantitative estimate of drug-likeness (QED) is 0.416. The predicted molar refractivity (Wildman–Crippen MR) is 16.2 cm³/mol. The van der Waals surface area contributed by atoms with E-state index in [1.807, 2.05) is 0 Å². The Hall–Kier alpha value is -0.400. The molecule has 0 saturated heterocycles. The molecule has 0 aliphatic heterocycles. The zero-order valence-electron chi connectivity index (χ0n) is 2.62. The van der Waals surface area contributed by atoms with Crippen LogP contribution in [0.5, 0.6) is 0 Å². The van der Waals surface area contributed by atoms with Crippen molar-refractivity contribution in [1.29, 1.82) is 0 Å². The van der Waals surface area contributed by atoms with Gasteiger partial charge in [-0.15, -0.1) is 0 Å². The maximum Gasteiger partial charge on any atom is 0.256 e. The molecular weight excluding hydrogens is 74.0 g/mol. The maximum atomic E-state index is 10.6. The van der Waals surface area contributed by atoms with Crippen LogP contribution >= 0.6 is 0 Å². The number of halogens is 2. The fourth-order valence-corrected chi connectivity index (χ4v) is 0. The van der Waals surface area contributed by atoms with Crippen molar-refractivity contribution in [1.82, 2.24) is 0 Å². The maximum absolute atomic E-state index is 10.6. The Morgan fingerprint density at radius 2 is 1.80 bits per heavy atom. The highest BCUT2D eigenvalue weighted by Gasteiger charge is 1.85. The van der Waals surface area contributed by atoms with Gasteiger partial charge in [-0.05, 0) is 6.08 Å². The molecule has 0 fully saturated rings. The van der Waals surface area contributed by atoms with Crippen LogP contribution in [-0.4, -0.2) is 6.43 Å². The summed E-state index contributed by atoms with van der Waals surface area (Å²) in [6.07, 6.45) is -1.77. The molecule has 0 heterocycles. The largest absolute Gasteiger partial charge is 0.256 e. The lowest BCUT2D eigenvalue weighted by Crippen LogP contribution is -1.74. The van der Waals surface area contributed by atoms with Crippen molar-refractivity contribution < 1.29 is 8.78 Å². The highest BCUT2D eigenvalue weighted by molar-refractivity contribution is 4.67. The Morgan fingerprint density at radius 1 is 1.60 bits per heavy atom. The summed E-state index contributed by atoms with van der Waals surface area (Å²) in [6, 6.07) is 0. The van der Waals surface area contributed by atoms with Gasteiger partial charge in [0.15, 0.2) is 0 Å². The van der Waals surface area contributed by atoms with Gasteiger partial charge in [0.05, 0.1) is 0 Å².